The highest BCUT2D eigenvalue weighted by molar-refractivity contribution is 7.16. The minimum Gasteiger partial charge on any atom is -0.334 e. The van der Waals surface area contributed by atoms with Crippen molar-refractivity contribution in [3.05, 3.63) is 51.2 Å². The molecule has 0 bridgehead atoms. The van der Waals surface area contributed by atoms with E-state index in [1.165, 1.54) is 10.4 Å². The fraction of sp³-hybridized carbons (Fsp3) is 0.200. The number of thiazole rings is 1. The zero-order chi connectivity index (χ0) is 13.5. The molecule has 0 fully saturated rings. The number of rotatable bonds is 1. The van der Waals surface area contributed by atoms with Crippen molar-refractivity contribution in [1.29, 1.82) is 0 Å². The number of carbonyl (C=O) groups is 1. The molecule has 100 valence electrons. The Bertz CT molecular complexity index is 790. The first-order chi connectivity index (χ1) is 9.81. The van der Waals surface area contributed by atoms with Crippen LogP contribution < -0.4 is 0 Å². The topological polar surface area (TPSA) is 33.2 Å². The van der Waals surface area contributed by atoms with Gasteiger partial charge in [0, 0.05) is 23.5 Å². The Labute approximate surface area is 124 Å². The van der Waals surface area contributed by atoms with Crippen molar-refractivity contribution in [2.24, 2.45) is 0 Å². The second kappa shape index (κ2) is 4.68. The highest BCUT2D eigenvalue weighted by Gasteiger charge is 2.22. The zero-order valence-electron chi connectivity index (χ0n) is 10.7. The molecule has 0 saturated heterocycles. The fourth-order valence-electron chi connectivity index (χ4n) is 2.59. The van der Waals surface area contributed by atoms with Crippen LogP contribution in [0.15, 0.2) is 35.2 Å². The van der Waals surface area contributed by atoms with Gasteiger partial charge in [-0.2, -0.15) is 0 Å². The number of fused-ring (bicyclic) bond motifs is 2. The lowest BCUT2D eigenvalue weighted by molar-refractivity contribution is 0.0736. The molecule has 4 rings (SSSR count). The molecule has 0 saturated carbocycles. The molecule has 3 heterocycles. The molecule has 0 atom stereocenters. The van der Waals surface area contributed by atoms with E-state index in [-0.39, 0.29) is 5.91 Å². The summed E-state index contributed by atoms with van der Waals surface area (Å²) in [5.74, 6) is 0.122. The van der Waals surface area contributed by atoms with Crippen LogP contribution in [0.25, 0.3) is 10.2 Å². The summed E-state index contributed by atoms with van der Waals surface area (Å²) in [5.41, 5.74) is 4.84. The first-order valence-corrected chi connectivity index (χ1v) is 8.25. The number of aromatic nitrogens is 1. The van der Waals surface area contributed by atoms with E-state index in [0.717, 1.165) is 35.3 Å². The third kappa shape index (κ3) is 1.94. The monoisotopic (exact) mass is 300 g/mol. The second-order valence-electron chi connectivity index (χ2n) is 4.88. The van der Waals surface area contributed by atoms with Gasteiger partial charge >= 0.3 is 0 Å². The quantitative estimate of drug-likeness (QED) is 0.688. The van der Waals surface area contributed by atoms with E-state index < -0.39 is 0 Å². The maximum absolute atomic E-state index is 12.6. The van der Waals surface area contributed by atoms with Gasteiger partial charge < -0.3 is 4.90 Å². The molecule has 3 aromatic rings. The van der Waals surface area contributed by atoms with Gasteiger partial charge in [0.25, 0.3) is 5.91 Å². The molecule has 0 N–H and O–H groups in total. The summed E-state index contributed by atoms with van der Waals surface area (Å²) in [6.45, 7) is 1.55. The largest absolute Gasteiger partial charge is 0.334 e. The van der Waals surface area contributed by atoms with Crippen molar-refractivity contribution in [1.82, 2.24) is 9.88 Å². The third-order valence-electron chi connectivity index (χ3n) is 3.67. The molecule has 1 aromatic carbocycles. The third-order valence-corrected chi connectivity index (χ3v) is 5.49. The zero-order valence-corrected chi connectivity index (χ0v) is 12.3. The van der Waals surface area contributed by atoms with E-state index >= 15 is 0 Å². The first-order valence-electron chi connectivity index (χ1n) is 6.49. The lowest BCUT2D eigenvalue weighted by atomic mass is 10.1. The van der Waals surface area contributed by atoms with Gasteiger partial charge in [0.15, 0.2) is 0 Å². The fourth-order valence-corrected chi connectivity index (χ4v) is 4.20. The Morgan fingerprint density at radius 1 is 1.25 bits per heavy atom. The molecule has 1 aliphatic heterocycles. The molecule has 0 spiro atoms. The van der Waals surface area contributed by atoms with Crippen LogP contribution in [0.4, 0.5) is 0 Å². The molecule has 3 nitrogen and oxygen atoms in total. The maximum Gasteiger partial charge on any atom is 0.254 e. The van der Waals surface area contributed by atoms with Gasteiger partial charge in [-0.15, -0.1) is 22.7 Å². The van der Waals surface area contributed by atoms with Crippen molar-refractivity contribution >= 4 is 38.8 Å². The first kappa shape index (κ1) is 12.1. The predicted octanol–water partition coefficient (Wildman–Crippen LogP) is 3.56. The van der Waals surface area contributed by atoms with E-state index in [2.05, 4.69) is 16.4 Å². The Kier molecular flexibility index (Phi) is 2.82. The lowest BCUT2D eigenvalue weighted by Gasteiger charge is -2.27. The summed E-state index contributed by atoms with van der Waals surface area (Å²) in [7, 11) is 0. The minimum absolute atomic E-state index is 0.122. The maximum atomic E-state index is 12.6. The summed E-state index contributed by atoms with van der Waals surface area (Å²) in [5, 5.41) is 2.11. The van der Waals surface area contributed by atoms with Gasteiger partial charge in [0.1, 0.15) is 0 Å². The predicted molar refractivity (Wildman–Crippen MR) is 82.4 cm³/mol. The molecule has 2 aromatic heterocycles. The summed E-state index contributed by atoms with van der Waals surface area (Å²) < 4.78 is 1.07. The summed E-state index contributed by atoms with van der Waals surface area (Å²) in [4.78, 5) is 20.2. The lowest BCUT2D eigenvalue weighted by Crippen LogP contribution is -2.35. The van der Waals surface area contributed by atoms with Crippen LogP contribution in [0.3, 0.4) is 0 Å². The van der Waals surface area contributed by atoms with Crippen molar-refractivity contribution in [3.63, 3.8) is 0 Å². The summed E-state index contributed by atoms with van der Waals surface area (Å²) >= 11 is 3.37. The smallest absolute Gasteiger partial charge is 0.254 e. The van der Waals surface area contributed by atoms with Crippen LogP contribution in [0.2, 0.25) is 0 Å². The Balaban J connectivity index is 1.64. The van der Waals surface area contributed by atoms with Gasteiger partial charge in [-0.05, 0) is 41.6 Å². The molecule has 5 heteroatoms. The SMILES string of the molecule is O=C(c1ccc2ncsc2c1)N1CCc2sccc2C1. The van der Waals surface area contributed by atoms with E-state index in [1.54, 1.807) is 22.7 Å². The summed E-state index contributed by atoms with van der Waals surface area (Å²) in [6.07, 6.45) is 0.974. The Morgan fingerprint density at radius 3 is 3.15 bits per heavy atom. The molecule has 1 aliphatic rings. The van der Waals surface area contributed by atoms with E-state index in [0.29, 0.717) is 0 Å². The van der Waals surface area contributed by atoms with E-state index in [4.69, 9.17) is 0 Å². The van der Waals surface area contributed by atoms with Crippen LogP contribution in [-0.2, 0) is 13.0 Å². The Hall–Kier alpha value is -1.72. The number of carbonyl (C=O) groups excluding carboxylic acids is 1. The van der Waals surface area contributed by atoms with Crippen LogP contribution in [0.5, 0.6) is 0 Å². The van der Waals surface area contributed by atoms with Crippen LogP contribution >= 0.6 is 22.7 Å². The number of thiophene rings is 1. The second-order valence-corrected chi connectivity index (χ2v) is 6.77. The molecular formula is C15H12N2OS2. The van der Waals surface area contributed by atoms with Gasteiger partial charge in [0.2, 0.25) is 0 Å². The number of nitrogens with zero attached hydrogens (tertiary/aromatic N) is 2. The van der Waals surface area contributed by atoms with Gasteiger partial charge in [-0.1, -0.05) is 0 Å². The average molecular weight is 300 g/mol. The van der Waals surface area contributed by atoms with E-state index in [9.17, 15) is 4.79 Å². The van der Waals surface area contributed by atoms with Gasteiger partial charge in [-0.25, -0.2) is 4.98 Å². The highest BCUT2D eigenvalue weighted by Crippen LogP contribution is 2.26. The molecule has 0 aliphatic carbocycles. The minimum atomic E-state index is 0.122. The molecular weight excluding hydrogens is 288 g/mol. The van der Waals surface area contributed by atoms with Crippen molar-refractivity contribution < 1.29 is 4.79 Å². The number of hydrogen-bond donors (Lipinski definition) is 0. The molecule has 20 heavy (non-hydrogen) atoms. The number of hydrogen-bond acceptors (Lipinski definition) is 4. The molecule has 0 radical (unpaired) electrons. The number of amides is 1. The van der Waals surface area contributed by atoms with Gasteiger partial charge in [0.05, 0.1) is 15.7 Å². The average Bonchev–Trinajstić information content (AvgIpc) is 3.13. The standard InChI is InChI=1S/C15H12N2OS2/c18-15(10-1-2-12-14(7-10)20-9-16-12)17-5-3-13-11(8-17)4-6-19-13/h1-2,4,6-7,9H,3,5,8H2. The van der Waals surface area contributed by atoms with Crippen molar-refractivity contribution in [2.75, 3.05) is 6.54 Å². The Morgan fingerprint density at radius 2 is 2.20 bits per heavy atom. The summed E-state index contributed by atoms with van der Waals surface area (Å²) in [6, 6.07) is 7.90. The van der Waals surface area contributed by atoms with E-state index in [1.807, 2.05) is 28.6 Å². The molecule has 1 amide bonds. The molecule has 0 unspecified atom stereocenters. The highest BCUT2D eigenvalue weighted by atomic mass is 32.1. The van der Waals surface area contributed by atoms with Crippen LogP contribution in [0.1, 0.15) is 20.8 Å². The van der Waals surface area contributed by atoms with Crippen LogP contribution in [0, 0.1) is 0 Å². The van der Waals surface area contributed by atoms with Gasteiger partial charge in [-0.3, -0.25) is 4.79 Å². The number of benzene rings is 1. The van der Waals surface area contributed by atoms with Crippen molar-refractivity contribution in [3.8, 4) is 0 Å². The van der Waals surface area contributed by atoms with Crippen molar-refractivity contribution in [2.45, 2.75) is 13.0 Å². The van der Waals surface area contributed by atoms with Crippen LogP contribution in [-0.4, -0.2) is 22.3 Å². The normalized spacial score (nSPS) is 14.5.